The Balaban J connectivity index is 1.13. The monoisotopic (exact) mass is 514 g/mol. The molecule has 2 aromatic carbocycles. The third kappa shape index (κ3) is 4.03. The van der Waals surface area contributed by atoms with Gasteiger partial charge in [-0.3, -0.25) is 14.4 Å². The van der Waals surface area contributed by atoms with E-state index in [1.165, 1.54) is 0 Å². The summed E-state index contributed by atoms with van der Waals surface area (Å²) in [6.45, 7) is 3.42. The zero-order chi connectivity index (χ0) is 25.6. The van der Waals surface area contributed by atoms with Crippen molar-refractivity contribution < 1.29 is 14.4 Å². The number of carbonyl (C=O) groups excluding carboxylic acids is 3. The molecule has 1 atom stereocenters. The van der Waals surface area contributed by atoms with E-state index in [1.54, 1.807) is 21.1 Å². The first-order chi connectivity index (χ1) is 18.0. The lowest BCUT2D eigenvalue weighted by molar-refractivity contribution is -0.152. The summed E-state index contributed by atoms with van der Waals surface area (Å²) in [5.74, 6) is -0.263. The molecule has 37 heavy (non-hydrogen) atoms. The number of hydrogen-bond acceptors (Lipinski definition) is 5. The Labute approximate surface area is 220 Å². The maximum Gasteiger partial charge on any atom is 0.255 e. The third-order valence-corrected chi connectivity index (χ3v) is 9.14. The van der Waals surface area contributed by atoms with Crippen LogP contribution in [0.2, 0.25) is 0 Å². The standard InChI is InChI=1S/C29H30N4O3S/c1-19-25(37-18-31-19)21-11-9-20(10-12-21)16-30-26(34)24-8-4-15-32(24)28(36)29(13-5-14-29)33-17-22-6-2-3-7-23(22)27(33)35/h2-3,6-7,9-12,18,24H,4-5,8,13-17H2,1H3,(H,30,34)/t24-/m0/s1. The van der Waals surface area contributed by atoms with Crippen LogP contribution in [0, 0.1) is 6.92 Å². The van der Waals surface area contributed by atoms with Gasteiger partial charge >= 0.3 is 0 Å². The van der Waals surface area contributed by atoms with Gasteiger partial charge < -0.3 is 15.1 Å². The minimum absolute atomic E-state index is 0.0677. The fourth-order valence-corrected chi connectivity index (χ4v) is 6.73. The number of aromatic nitrogens is 1. The molecular weight excluding hydrogens is 484 g/mol. The predicted octanol–water partition coefficient (Wildman–Crippen LogP) is 4.30. The molecule has 1 aromatic heterocycles. The van der Waals surface area contributed by atoms with Crippen LogP contribution in [-0.2, 0) is 22.7 Å². The van der Waals surface area contributed by atoms with Crippen LogP contribution >= 0.6 is 11.3 Å². The van der Waals surface area contributed by atoms with Crippen LogP contribution in [0.25, 0.3) is 10.4 Å². The van der Waals surface area contributed by atoms with Gasteiger partial charge in [0, 0.05) is 25.2 Å². The van der Waals surface area contributed by atoms with Crippen molar-refractivity contribution in [3.63, 3.8) is 0 Å². The van der Waals surface area contributed by atoms with Crippen molar-refractivity contribution in [3.05, 3.63) is 76.4 Å². The molecule has 1 saturated heterocycles. The number of likely N-dealkylation sites (tertiary alicyclic amines) is 1. The van der Waals surface area contributed by atoms with Crippen LogP contribution in [-0.4, -0.2) is 50.6 Å². The number of nitrogens with one attached hydrogen (secondary N) is 1. The van der Waals surface area contributed by atoms with Gasteiger partial charge in [0.1, 0.15) is 11.6 Å². The maximum absolute atomic E-state index is 13.9. The van der Waals surface area contributed by atoms with E-state index in [0.29, 0.717) is 44.5 Å². The van der Waals surface area contributed by atoms with Gasteiger partial charge in [-0.25, -0.2) is 4.98 Å². The fourth-order valence-electron chi connectivity index (χ4n) is 5.92. The van der Waals surface area contributed by atoms with Crippen molar-refractivity contribution >= 4 is 29.1 Å². The molecule has 8 heteroatoms. The van der Waals surface area contributed by atoms with E-state index in [-0.39, 0.29) is 17.7 Å². The van der Waals surface area contributed by atoms with Crippen LogP contribution in [0.15, 0.2) is 54.0 Å². The lowest BCUT2D eigenvalue weighted by Crippen LogP contribution is -2.65. The maximum atomic E-state index is 13.9. The highest BCUT2D eigenvalue weighted by molar-refractivity contribution is 7.13. The number of nitrogens with zero attached hydrogens (tertiary/aromatic N) is 3. The molecule has 7 nitrogen and oxygen atoms in total. The number of thiazole rings is 1. The van der Waals surface area contributed by atoms with Crippen molar-refractivity contribution in [3.8, 4) is 10.4 Å². The molecule has 3 aliphatic rings. The number of carbonyl (C=O) groups is 3. The molecule has 0 bridgehead atoms. The van der Waals surface area contributed by atoms with Gasteiger partial charge in [0.05, 0.1) is 16.1 Å². The normalized spacial score (nSPS) is 20.0. The van der Waals surface area contributed by atoms with E-state index in [2.05, 4.69) is 22.4 Å². The molecule has 1 N–H and O–H groups in total. The second-order valence-corrected chi connectivity index (χ2v) is 11.1. The van der Waals surface area contributed by atoms with Gasteiger partial charge in [-0.05, 0) is 61.8 Å². The number of benzene rings is 2. The van der Waals surface area contributed by atoms with Crippen LogP contribution in [0.1, 0.15) is 59.3 Å². The number of rotatable bonds is 6. The zero-order valence-electron chi connectivity index (χ0n) is 20.9. The van der Waals surface area contributed by atoms with E-state index in [0.717, 1.165) is 40.1 Å². The molecule has 6 rings (SSSR count). The molecule has 3 aromatic rings. The second-order valence-electron chi connectivity index (χ2n) is 10.3. The van der Waals surface area contributed by atoms with Crippen molar-refractivity contribution in [1.29, 1.82) is 0 Å². The number of amides is 3. The summed E-state index contributed by atoms with van der Waals surface area (Å²) in [7, 11) is 0. The second kappa shape index (κ2) is 9.41. The summed E-state index contributed by atoms with van der Waals surface area (Å²) in [5.41, 5.74) is 5.81. The molecule has 0 unspecified atom stereocenters. The van der Waals surface area contributed by atoms with Crippen molar-refractivity contribution in [2.45, 2.75) is 63.7 Å². The molecule has 3 heterocycles. The molecule has 190 valence electrons. The van der Waals surface area contributed by atoms with Gasteiger partial charge in [-0.15, -0.1) is 11.3 Å². The van der Waals surface area contributed by atoms with Crippen molar-refractivity contribution in [2.24, 2.45) is 0 Å². The summed E-state index contributed by atoms with van der Waals surface area (Å²) in [4.78, 5) is 49.4. The Kier molecular flexibility index (Phi) is 6.07. The Morgan fingerprint density at radius 1 is 1.11 bits per heavy atom. The minimum atomic E-state index is -0.830. The van der Waals surface area contributed by atoms with E-state index in [9.17, 15) is 14.4 Å². The summed E-state index contributed by atoms with van der Waals surface area (Å²) >= 11 is 1.62. The smallest absolute Gasteiger partial charge is 0.255 e. The highest BCUT2D eigenvalue weighted by Crippen LogP contribution is 2.44. The van der Waals surface area contributed by atoms with Crippen LogP contribution in [0.5, 0.6) is 0 Å². The lowest BCUT2D eigenvalue weighted by atomic mass is 9.74. The highest BCUT2D eigenvalue weighted by atomic mass is 32.1. The lowest BCUT2D eigenvalue weighted by Gasteiger charge is -2.49. The average Bonchev–Trinajstić information content (AvgIpc) is 3.62. The molecule has 1 saturated carbocycles. The van der Waals surface area contributed by atoms with E-state index < -0.39 is 11.6 Å². The van der Waals surface area contributed by atoms with Crippen LogP contribution in [0.3, 0.4) is 0 Å². The molecule has 0 radical (unpaired) electrons. The predicted molar refractivity (Wildman–Crippen MR) is 142 cm³/mol. The van der Waals surface area contributed by atoms with Crippen LogP contribution < -0.4 is 5.32 Å². The van der Waals surface area contributed by atoms with Gasteiger partial charge in [-0.2, -0.15) is 0 Å². The summed E-state index contributed by atoms with van der Waals surface area (Å²) in [6, 6.07) is 15.2. The van der Waals surface area contributed by atoms with Crippen molar-refractivity contribution in [2.75, 3.05) is 6.54 Å². The first-order valence-electron chi connectivity index (χ1n) is 13.0. The average molecular weight is 515 g/mol. The minimum Gasteiger partial charge on any atom is -0.350 e. The topological polar surface area (TPSA) is 82.6 Å². The van der Waals surface area contributed by atoms with E-state index in [4.69, 9.17) is 0 Å². The Morgan fingerprint density at radius 2 is 1.89 bits per heavy atom. The first-order valence-corrected chi connectivity index (χ1v) is 13.8. The fraction of sp³-hybridized carbons (Fsp3) is 0.379. The summed E-state index contributed by atoms with van der Waals surface area (Å²) < 4.78 is 0. The first kappa shape index (κ1) is 23.9. The molecule has 3 amide bonds. The Hall–Kier alpha value is -3.52. The highest BCUT2D eigenvalue weighted by Gasteiger charge is 2.56. The summed E-state index contributed by atoms with van der Waals surface area (Å²) in [6.07, 6.45) is 3.65. The Bertz CT molecular complexity index is 1360. The SMILES string of the molecule is Cc1ncsc1-c1ccc(CNC(=O)[C@@H]2CCCN2C(=O)C2(N3Cc4ccccc4C3=O)CCC2)cc1. The largest absolute Gasteiger partial charge is 0.350 e. The van der Waals surface area contributed by atoms with E-state index in [1.807, 2.05) is 48.8 Å². The molecule has 2 fully saturated rings. The van der Waals surface area contributed by atoms with Gasteiger partial charge in [-0.1, -0.05) is 42.5 Å². The quantitative estimate of drug-likeness (QED) is 0.532. The third-order valence-electron chi connectivity index (χ3n) is 8.16. The van der Waals surface area contributed by atoms with Gasteiger partial charge in [0.25, 0.3) is 5.91 Å². The number of aryl methyl sites for hydroxylation is 1. The Morgan fingerprint density at radius 3 is 2.57 bits per heavy atom. The van der Waals surface area contributed by atoms with Gasteiger partial charge in [0.2, 0.25) is 11.8 Å². The summed E-state index contributed by atoms with van der Waals surface area (Å²) in [5, 5.41) is 3.05. The number of fused-ring (bicyclic) bond motifs is 1. The zero-order valence-corrected chi connectivity index (χ0v) is 21.7. The van der Waals surface area contributed by atoms with E-state index >= 15 is 0 Å². The molecule has 2 aliphatic heterocycles. The van der Waals surface area contributed by atoms with Crippen molar-refractivity contribution in [1.82, 2.24) is 20.1 Å². The molecule has 1 aliphatic carbocycles. The molecular formula is C29H30N4O3S. The molecule has 0 spiro atoms. The van der Waals surface area contributed by atoms with Crippen LogP contribution in [0.4, 0.5) is 0 Å². The van der Waals surface area contributed by atoms with Gasteiger partial charge in [0.15, 0.2) is 0 Å². The number of hydrogen-bond donors (Lipinski definition) is 1.